The van der Waals surface area contributed by atoms with Crippen LogP contribution in [0.5, 0.6) is 0 Å². The van der Waals surface area contributed by atoms with Crippen LogP contribution in [-0.2, 0) is 4.79 Å². The van der Waals surface area contributed by atoms with Crippen molar-refractivity contribution in [2.24, 2.45) is 0 Å². The molecule has 1 unspecified atom stereocenters. The summed E-state index contributed by atoms with van der Waals surface area (Å²) in [6, 6.07) is 0. The van der Waals surface area contributed by atoms with E-state index in [1.807, 2.05) is 27.7 Å². The highest BCUT2D eigenvalue weighted by atomic mass is 19.1. The number of halogens is 1. The summed E-state index contributed by atoms with van der Waals surface area (Å²) in [7, 11) is 0. The number of amides is 1. The minimum Gasteiger partial charge on any atom is -0.340 e. The second kappa shape index (κ2) is 9.49. The van der Waals surface area contributed by atoms with Gasteiger partial charge in [-0.2, -0.15) is 0 Å². The Morgan fingerprint density at radius 1 is 1.31 bits per heavy atom. The SMILES string of the molecule is CC.CC.CC(=O)N1CCC(F)C1. The van der Waals surface area contributed by atoms with Gasteiger partial charge in [-0.3, -0.25) is 4.79 Å². The standard InChI is InChI=1S/C6H10FNO.2C2H6/c1-5(9)8-3-2-6(7)4-8;2*1-2/h6H,2-4H2,1H3;2*1-2H3. The third kappa shape index (κ3) is 6.55. The van der Waals surface area contributed by atoms with E-state index >= 15 is 0 Å². The van der Waals surface area contributed by atoms with Gasteiger partial charge in [-0.15, -0.1) is 0 Å². The molecular formula is C10H22FNO. The molecule has 1 saturated heterocycles. The summed E-state index contributed by atoms with van der Waals surface area (Å²) >= 11 is 0. The lowest BCUT2D eigenvalue weighted by Crippen LogP contribution is -2.25. The van der Waals surface area contributed by atoms with Crippen LogP contribution in [-0.4, -0.2) is 30.1 Å². The summed E-state index contributed by atoms with van der Waals surface area (Å²) in [5, 5.41) is 0. The molecule has 1 fully saturated rings. The average molecular weight is 191 g/mol. The molecule has 0 spiro atoms. The van der Waals surface area contributed by atoms with E-state index in [0.717, 1.165) is 0 Å². The number of likely N-dealkylation sites (tertiary alicyclic amines) is 1. The van der Waals surface area contributed by atoms with Gasteiger partial charge in [-0.05, 0) is 6.42 Å². The van der Waals surface area contributed by atoms with E-state index in [-0.39, 0.29) is 5.91 Å². The maximum atomic E-state index is 12.3. The van der Waals surface area contributed by atoms with E-state index in [0.29, 0.717) is 19.5 Å². The number of carbonyl (C=O) groups excluding carboxylic acids is 1. The highest BCUT2D eigenvalue weighted by Crippen LogP contribution is 2.11. The van der Waals surface area contributed by atoms with E-state index in [9.17, 15) is 9.18 Å². The Kier molecular flexibility index (Phi) is 10.9. The molecule has 1 amide bonds. The van der Waals surface area contributed by atoms with Crippen molar-refractivity contribution in [3.8, 4) is 0 Å². The van der Waals surface area contributed by atoms with Gasteiger partial charge in [-0.25, -0.2) is 4.39 Å². The van der Waals surface area contributed by atoms with Gasteiger partial charge in [0.1, 0.15) is 6.17 Å². The Morgan fingerprint density at radius 3 is 1.92 bits per heavy atom. The van der Waals surface area contributed by atoms with Gasteiger partial charge < -0.3 is 4.90 Å². The largest absolute Gasteiger partial charge is 0.340 e. The van der Waals surface area contributed by atoms with Crippen molar-refractivity contribution in [3.05, 3.63) is 0 Å². The average Bonchev–Trinajstić information content (AvgIpc) is 2.59. The van der Waals surface area contributed by atoms with Gasteiger partial charge in [0.2, 0.25) is 5.91 Å². The first-order valence-corrected chi connectivity index (χ1v) is 5.09. The number of alkyl halides is 1. The molecule has 1 aliphatic heterocycles. The molecule has 0 saturated carbocycles. The Morgan fingerprint density at radius 2 is 1.77 bits per heavy atom. The molecule has 1 heterocycles. The zero-order valence-corrected chi connectivity index (χ0v) is 9.43. The van der Waals surface area contributed by atoms with Crippen LogP contribution in [0.25, 0.3) is 0 Å². The monoisotopic (exact) mass is 191 g/mol. The molecule has 0 radical (unpaired) electrons. The van der Waals surface area contributed by atoms with Crippen LogP contribution < -0.4 is 0 Å². The molecule has 3 heteroatoms. The molecule has 0 aliphatic carbocycles. The van der Waals surface area contributed by atoms with Crippen LogP contribution in [0.2, 0.25) is 0 Å². The molecule has 1 rings (SSSR count). The van der Waals surface area contributed by atoms with Gasteiger partial charge in [0.05, 0.1) is 6.54 Å². The minimum absolute atomic E-state index is 0.0184. The Bertz CT molecular complexity index is 128. The number of nitrogens with zero attached hydrogens (tertiary/aromatic N) is 1. The Labute approximate surface area is 81.1 Å². The molecule has 80 valence electrons. The van der Waals surface area contributed by atoms with Crippen molar-refractivity contribution in [1.82, 2.24) is 4.90 Å². The Hall–Kier alpha value is -0.600. The Balaban J connectivity index is 0. The molecule has 0 N–H and O–H groups in total. The first kappa shape index (κ1) is 14.9. The first-order chi connectivity index (χ1) is 6.20. The summed E-state index contributed by atoms with van der Waals surface area (Å²) in [5.41, 5.74) is 0. The van der Waals surface area contributed by atoms with Gasteiger partial charge >= 0.3 is 0 Å². The summed E-state index contributed by atoms with van der Waals surface area (Å²) in [5.74, 6) is -0.0184. The van der Waals surface area contributed by atoms with E-state index in [4.69, 9.17) is 0 Å². The fourth-order valence-corrected chi connectivity index (χ4v) is 1.00. The van der Waals surface area contributed by atoms with Crippen molar-refractivity contribution in [3.63, 3.8) is 0 Å². The maximum Gasteiger partial charge on any atom is 0.219 e. The predicted octanol–water partition coefficient (Wildman–Crippen LogP) is 2.63. The number of hydrogen-bond acceptors (Lipinski definition) is 1. The summed E-state index contributed by atoms with van der Waals surface area (Å²) in [6.45, 7) is 10.4. The van der Waals surface area contributed by atoms with Crippen molar-refractivity contribution >= 4 is 5.91 Å². The van der Waals surface area contributed by atoms with Crippen LogP contribution in [0.1, 0.15) is 41.0 Å². The smallest absolute Gasteiger partial charge is 0.219 e. The summed E-state index contributed by atoms with van der Waals surface area (Å²) < 4.78 is 12.3. The quantitative estimate of drug-likeness (QED) is 0.576. The van der Waals surface area contributed by atoms with Crippen molar-refractivity contribution in [2.75, 3.05) is 13.1 Å². The lowest BCUT2D eigenvalue weighted by Gasteiger charge is -2.10. The van der Waals surface area contributed by atoms with Crippen LogP contribution >= 0.6 is 0 Å². The van der Waals surface area contributed by atoms with Crippen LogP contribution in [0, 0.1) is 0 Å². The van der Waals surface area contributed by atoms with Crippen LogP contribution in [0.3, 0.4) is 0 Å². The predicted molar refractivity (Wildman–Crippen MR) is 54.5 cm³/mol. The molecule has 0 aromatic rings. The topological polar surface area (TPSA) is 20.3 Å². The van der Waals surface area contributed by atoms with Crippen molar-refractivity contribution in [1.29, 1.82) is 0 Å². The molecule has 2 nitrogen and oxygen atoms in total. The normalized spacial score (nSPS) is 19.5. The third-order valence-corrected chi connectivity index (χ3v) is 1.58. The highest BCUT2D eigenvalue weighted by molar-refractivity contribution is 5.73. The molecule has 13 heavy (non-hydrogen) atoms. The van der Waals surface area contributed by atoms with E-state index in [2.05, 4.69) is 0 Å². The fourth-order valence-electron chi connectivity index (χ4n) is 1.00. The molecule has 0 aromatic carbocycles. The maximum absolute atomic E-state index is 12.3. The highest BCUT2D eigenvalue weighted by Gasteiger charge is 2.22. The number of hydrogen-bond donors (Lipinski definition) is 0. The summed E-state index contributed by atoms with van der Waals surface area (Å²) in [4.78, 5) is 12.1. The number of rotatable bonds is 0. The fraction of sp³-hybridized carbons (Fsp3) is 0.900. The van der Waals surface area contributed by atoms with Gasteiger partial charge in [0, 0.05) is 13.5 Å². The number of carbonyl (C=O) groups is 1. The third-order valence-electron chi connectivity index (χ3n) is 1.58. The van der Waals surface area contributed by atoms with Crippen LogP contribution in [0.15, 0.2) is 0 Å². The molecular weight excluding hydrogens is 169 g/mol. The van der Waals surface area contributed by atoms with Crippen LogP contribution in [0.4, 0.5) is 4.39 Å². The summed E-state index contributed by atoms with van der Waals surface area (Å²) in [6.07, 6.45) is -0.270. The molecule has 0 aromatic heterocycles. The zero-order chi connectivity index (χ0) is 10.9. The van der Waals surface area contributed by atoms with Gasteiger partial charge in [-0.1, -0.05) is 27.7 Å². The second-order valence-electron chi connectivity index (χ2n) is 2.35. The lowest BCUT2D eigenvalue weighted by molar-refractivity contribution is -0.127. The second-order valence-corrected chi connectivity index (χ2v) is 2.35. The molecule has 1 aliphatic rings. The van der Waals surface area contributed by atoms with E-state index in [1.165, 1.54) is 11.8 Å². The minimum atomic E-state index is -0.783. The van der Waals surface area contributed by atoms with Gasteiger partial charge in [0.15, 0.2) is 0 Å². The van der Waals surface area contributed by atoms with Gasteiger partial charge in [0.25, 0.3) is 0 Å². The lowest BCUT2D eigenvalue weighted by atomic mass is 10.3. The van der Waals surface area contributed by atoms with Crippen molar-refractivity contribution < 1.29 is 9.18 Å². The van der Waals surface area contributed by atoms with Crippen molar-refractivity contribution in [2.45, 2.75) is 47.2 Å². The van der Waals surface area contributed by atoms with E-state index < -0.39 is 6.17 Å². The molecule has 0 bridgehead atoms. The molecule has 1 atom stereocenters. The first-order valence-electron chi connectivity index (χ1n) is 5.09. The zero-order valence-electron chi connectivity index (χ0n) is 9.43. The van der Waals surface area contributed by atoms with E-state index in [1.54, 1.807) is 0 Å².